The van der Waals surface area contributed by atoms with Crippen molar-refractivity contribution >= 4 is 19.8 Å². The minimum Gasteiger partial charge on any atom is -0.416 e. The summed E-state index contributed by atoms with van der Waals surface area (Å²) < 4.78 is 6.23. The van der Waals surface area contributed by atoms with Crippen LogP contribution in [0.15, 0.2) is 5.16 Å². The Balaban J connectivity index is 2.61. The maximum absolute atomic E-state index is 11.5. The van der Waals surface area contributed by atoms with E-state index in [4.69, 9.17) is 9.26 Å². The number of oxime groups is 1. The molecule has 1 heterocycles. The zero-order valence-corrected chi connectivity index (χ0v) is 15.1. The lowest BCUT2D eigenvalue weighted by molar-refractivity contribution is -0.128. The highest BCUT2D eigenvalue weighted by Gasteiger charge is 2.40. The monoisotopic (exact) mass is 299 g/mol. The molecule has 20 heavy (non-hydrogen) atoms. The van der Waals surface area contributed by atoms with E-state index in [0.29, 0.717) is 6.61 Å². The average molecular weight is 299 g/mol. The van der Waals surface area contributed by atoms with Crippen molar-refractivity contribution in [1.82, 2.24) is 0 Å². The molecule has 0 spiro atoms. The van der Waals surface area contributed by atoms with Crippen LogP contribution < -0.4 is 0 Å². The summed E-state index contributed by atoms with van der Waals surface area (Å²) >= 11 is 0. The standard InChI is InChI=1S/C15H29NO3Si/c1-10(9-18-20(7,8)15(4,5)6)13-11(2)14(12(3)17)19-16-13/h10-11,14H,9H2,1-8H3/t10-,11-,14+/m1/s1. The number of rotatable bonds is 5. The first-order chi connectivity index (χ1) is 8.97. The first kappa shape index (κ1) is 17.4. The van der Waals surface area contributed by atoms with E-state index in [1.54, 1.807) is 6.92 Å². The van der Waals surface area contributed by atoms with E-state index in [0.717, 1.165) is 5.71 Å². The Morgan fingerprint density at radius 3 is 2.40 bits per heavy atom. The van der Waals surface area contributed by atoms with Crippen LogP contribution in [0.4, 0.5) is 0 Å². The minimum atomic E-state index is -1.74. The van der Waals surface area contributed by atoms with Gasteiger partial charge in [0.2, 0.25) is 0 Å². The molecular formula is C15H29NO3Si. The Bertz CT molecular complexity index is 398. The third-order valence-corrected chi connectivity index (χ3v) is 9.10. The highest BCUT2D eigenvalue weighted by molar-refractivity contribution is 6.74. The molecule has 0 aromatic carbocycles. The number of hydrogen-bond acceptors (Lipinski definition) is 4. The van der Waals surface area contributed by atoms with E-state index >= 15 is 0 Å². The Hall–Kier alpha value is -0.683. The van der Waals surface area contributed by atoms with E-state index in [1.165, 1.54) is 0 Å². The largest absolute Gasteiger partial charge is 0.416 e. The highest BCUT2D eigenvalue weighted by atomic mass is 28.4. The lowest BCUT2D eigenvalue weighted by Crippen LogP contribution is -2.42. The van der Waals surface area contributed by atoms with Crippen LogP contribution >= 0.6 is 0 Å². The molecule has 0 bridgehead atoms. The van der Waals surface area contributed by atoms with Crippen molar-refractivity contribution in [1.29, 1.82) is 0 Å². The van der Waals surface area contributed by atoms with Gasteiger partial charge in [0, 0.05) is 18.4 Å². The van der Waals surface area contributed by atoms with Gasteiger partial charge >= 0.3 is 0 Å². The molecule has 4 nitrogen and oxygen atoms in total. The number of ketones is 1. The van der Waals surface area contributed by atoms with Gasteiger partial charge in [-0.1, -0.05) is 39.8 Å². The molecule has 1 rings (SSSR count). The van der Waals surface area contributed by atoms with Gasteiger partial charge < -0.3 is 9.26 Å². The summed E-state index contributed by atoms with van der Waals surface area (Å²) in [6, 6.07) is 0. The minimum absolute atomic E-state index is 0.0359. The molecule has 116 valence electrons. The molecule has 0 N–H and O–H groups in total. The summed E-state index contributed by atoms with van der Waals surface area (Å²) in [7, 11) is -1.74. The summed E-state index contributed by atoms with van der Waals surface area (Å²) in [5, 5.41) is 4.32. The first-order valence-electron chi connectivity index (χ1n) is 7.35. The van der Waals surface area contributed by atoms with Gasteiger partial charge in [-0.15, -0.1) is 0 Å². The Morgan fingerprint density at radius 1 is 1.45 bits per heavy atom. The van der Waals surface area contributed by atoms with E-state index in [1.807, 2.05) is 6.92 Å². The quantitative estimate of drug-likeness (QED) is 0.728. The summed E-state index contributed by atoms with van der Waals surface area (Å²) in [6.45, 7) is 17.5. The number of Topliss-reactive ketones (excluding diaryl/α,β-unsaturated/α-hetero) is 1. The fourth-order valence-corrected chi connectivity index (χ4v) is 3.15. The van der Waals surface area contributed by atoms with Crippen LogP contribution in [-0.2, 0) is 14.1 Å². The second-order valence-electron chi connectivity index (χ2n) is 7.41. The van der Waals surface area contributed by atoms with Crippen LogP contribution in [0, 0.1) is 11.8 Å². The summed E-state index contributed by atoms with van der Waals surface area (Å²) in [5.74, 6) is 0.266. The van der Waals surface area contributed by atoms with Gasteiger partial charge in [0.1, 0.15) is 0 Å². The van der Waals surface area contributed by atoms with Gasteiger partial charge in [0.05, 0.1) is 5.71 Å². The topological polar surface area (TPSA) is 47.9 Å². The molecule has 0 fully saturated rings. The van der Waals surface area contributed by atoms with Gasteiger partial charge in [-0.3, -0.25) is 4.79 Å². The summed E-state index contributed by atoms with van der Waals surface area (Å²) in [4.78, 5) is 16.7. The number of carbonyl (C=O) groups excluding carboxylic acids is 1. The molecule has 0 aliphatic carbocycles. The third-order valence-electron chi connectivity index (χ3n) is 4.60. The molecule has 0 aromatic heterocycles. The third kappa shape index (κ3) is 3.70. The number of nitrogens with zero attached hydrogens (tertiary/aromatic N) is 1. The average Bonchev–Trinajstić information content (AvgIpc) is 2.66. The second kappa shape index (κ2) is 5.98. The molecule has 0 radical (unpaired) electrons. The Morgan fingerprint density at radius 2 is 2.00 bits per heavy atom. The van der Waals surface area contributed by atoms with Crippen molar-refractivity contribution in [3.05, 3.63) is 0 Å². The predicted molar refractivity (Wildman–Crippen MR) is 84.5 cm³/mol. The zero-order valence-electron chi connectivity index (χ0n) is 14.1. The van der Waals surface area contributed by atoms with Crippen molar-refractivity contribution in [3.8, 4) is 0 Å². The van der Waals surface area contributed by atoms with Crippen molar-refractivity contribution in [3.63, 3.8) is 0 Å². The Kier molecular flexibility index (Phi) is 5.19. The van der Waals surface area contributed by atoms with Crippen molar-refractivity contribution in [2.75, 3.05) is 6.61 Å². The highest BCUT2D eigenvalue weighted by Crippen LogP contribution is 2.37. The predicted octanol–water partition coefficient (Wildman–Crippen LogP) is 3.62. The van der Waals surface area contributed by atoms with Crippen LogP contribution in [0.1, 0.15) is 41.5 Å². The molecule has 0 saturated carbocycles. The van der Waals surface area contributed by atoms with Gasteiger partial charge in [-0.05, 0) is 25.1 Å². The first-order valence-corrected chi connectivity index (χ1v) is 10.3. The van der Waals surface area contributed by atoms with E-state index in [9.17, 15) is 4.79 Å². The van der Waals surface area contributed by atoms with Crippen molar-refractivity contribution in [2.24, 2.45) is 17.0 Å². The maximum atomic E-state index is 11.5. The lowest BCUT2D eigenvalue weighted by atomic mass is 9.90. The molecule has 0 amide bonds. The van der Waals surface area contributed by atoms with Crippen molar-refractivity contribution in [2.45, 2.75) is 65.8 Å². The number of carbonyl (C=O) groups is 1. The molecular weight excluding hydrogens is 270 g/mol. The van der Waals surface area contributed by atoms with E-state index in [-0.39, 0.29) is 22.7 Å². The van der Waals surface area contributed by atoms with Gasteiger partial charge in [-0.2, -0.15) is 0 Å². The second-order valence-corrected chi connectivity index (χ2v) is 12.2. The van der Waals surface area contributed by atoms with E-state index < -0.39 is 14.4 Å². The van der Waals surface area contributed by atoms with Crippen molar-refractivity contribution < 1.29 is 14.1 Å². The van der Waals surface area contributed by atoms with Crippen LogP contribution in [0.3, 0.4) is 0 Å². The van der Waals surface area contributed by atoms with Crippen LogP contribution in [0.5, 0.6) is 0 Å². The normalized spacial score (nSPS) is 25.1. The van der Waals surface area contributed by atoms with Gasteiger partial charge in [0.15, 0.2) is 20.2 Å². The maximum Gasteiger partial charge on any atom is 0.192 e. The van der Waals surface area contributed by atoms with Crippen LogP contribution in [0.25, 0.3) is 0 Å². The molecule has 3 atom stereocenters. The smallest absolute Gasteiger partial charge is 0.192 e. The molecule has 0 saturated heterocycles. The van der Waals surface area contributed by atoms with Gasteiger partial charge in [-0.25, -0.2) is 0 Å². The molecule has 1 aliphatic rings. The zero-order chi connectivity index (χ0) is 15.7. The lowest BCUT2D eigenvalue weighted by Gasteiger charge is -2.37. The SMILES string of the molecule is CC(=O)[C@H]1ON=C([C@H](C)CO[Si](C)(C)C(C)(C)C)[C@H]1C. The van der Waals surface area contributed by atoms with E-state index in [2.05, 4.69) is 45.9 Å². The molecule has 0 aromatic rings. The van der Waals surface area contributed by atoms with Crippen LogP contribution in [-0.4, -0.2) is 32.5 Å². The molecule has 1 aliphatic heterocycles. The number of hydrogen-bond donors (Lipinski definition) is 0. The Labute approximate surface area is 124 Å². The molecule has 5 heteroatoms. The fraction of sp³-hybridized carbons (Fsp3) is 0.867. The summed E-state index contributed by atoms with van der Waals surface area (Å²) in [6.07, 6.45) is -0.416. The van der Waals surface area contributed by atoms with Gasteiger partial charge in [0.25, 0.3) is 0 Å². The molecule has 0 unspecified atom stereocenters. The fourth-order valence-electron chi connectivity index (χ4n) is 2.05. The van der Waals surface area contributed by atoms with Crippen LogP contribution in [0.2, 0.25) is 18.1 Å². The summed E-state index contributed by atoms with van der Waals surface area (Å²) in [5.41, 5.74) is 0.948.